The van der Waals surface area contributed by atoms with Gasteiger partial charge in [-0.25, -0.2) is 4.98 Å². The molecule has 1 aliphatic rings. The van der Waals surface area contributed by atoms with Gasteiger partial charge >= 0.3 is 0 Å². The van der Waals surface area contributed by atoms with Crippen molar-refractivity contribution < 1.29 is 19.1 Å². The molecule has 2 heterocycles. The monoisotopic (exact) mass is 330 g/mol. The summed E-state index contributed by atoms with van der Waals surface area (Å²) in [5.74, 6) is 1.90. The van der Waals surface area contributed by atoms with Crippen molar-refractivity contribution in [2.24, 2.45) is 5.92 Å². The van der Waals surface area contributed by atoms with E-state index < -0.39 is 0 Å². The topological polar surface area (TPSA) is 75.8 Å². The molecule has 1 fully saturated rings. The molecule has 6 nitrogen and oxygen atoms in total. The molecule has 128 valence electrons. The van der Waals surface area contributed by atoms with Crippen LogP contribution < -0.4 is 4.74 Å². The van der Waals surface area contributed by atoms with E-state index in [2.05, 4.69) is 4.98 Å². The van der Waals surface area contributed by atoms with E-state index >= 15 is 0 Å². The second-order valence-electron chi connectivity index (χ2n) is 6.07. The third kappa shape index (κ3) is 3.28. The maximum absolute atomic E-state index is 12.7. The number of hydrogen-bond donors (Lipinski definition) is 1. The van der Waals surface area contributed by atoms with Crippen LogP contribution in [0.15, 0.2) is 28.7 Å². The Morgan fingerprint density at radius 1 is 1.33 bits per heavy atom. The number of aliphatic hydroxyl groups is 1. The van der Waals surface area contributed by atoms with Gasteiger partial charge < -0.3 is 19.2 Å². The van der Waals surface area contributed by atoms with Gasteiger partial charge in [0, 0.05) is 25.3 Å². The van der Waals surface area contributed by atoms with Crippen LogP contribution >= 0.6 is 0 Å². The summed E-state index contributed by atoms with van der Waals surface area (Å²) in [4.78, 5) is 18.9. The highest BCUT2D eigenvalue weighted by atomic mass is 16.5. The Hall–Kier alpha value is -2.34. The average molecular weight is 330 g/mol. The highest BCUT2D eigenvalue weighted by molar-refractivity contribution is 5.93. The molecule has 0 atom stereocenters. The highest BCUT2D eigenvalue weighted by Crippen LogP contribution is 2.25. The van der Waals surface area contributed by atoms with Crippen molar-refractivity contribution in [3.63, 3.8) is 0 Å². The van der Waals surface area contributed by atoms with Gasteiger partial charge in [0.25, 0.3) is 5.91 Å². The molecule has 1 amide bonds. The van der Waals surface area contributed by atoms with Crippen molar-refractivity contribution in [1.29, 1.82) is 0 Å². The highest BCUT2D eigenvalue weighted by Gasteiger charge is 2.27. The van der Waals surface area contributed by atoms with Gasteiger partial charge in [-0.1, -0.05) is 0 Å². The lowest BCUT2D eigenvalue weighted by atomic mass is 9.98. The first-order valence-corrected chi connectivity index (χ1v) is 8.14. The molecular weight excluding hydrogens is 308 g/mol. The normalized spacial score (nSPS) is 15.5. The number of carbonyl (C=O) groups is 1. The number of ether oxygens (including phenoxy) is 1. The number of hydrogen-bond acceptors (Lipinski definition) is 5. The molecule has 0 saturated carbocycles. The summed E-state index contributed by atoms with van der Waals surface area (Å²) in [7, 11) is 1.61. The number of benzene rings is 1. The Labute approximate surface area is 141 Å². The van der Waals surface area contributed by atoms with Crippen LogP contribution in [0.4, 0.5) is 0 Å². The average Bonchev–Trinajstić information content (AvgIpc) is 3.03. The fraction of sp³-hybridized carbons (Fsp3) is 0.444. The van der Waals surface area contributed by atoms with Crippen molar-refractivity contribution in [3.8, 4) is 17.2 Å². The molecule has 0 aliphatic carbocycles. The first kappa shape index (κ1) is 16.5. The molecule has 1 saturated heterocycles. The molecule has 24 heavy (non-hydrogen) atoms. The zero-order valence-electron chi connectivity index (χ0n) is 14.0. The van der Waals surface area contributed by atoms with Gasteiger partial charge in [-0.2, -0.15) is 0 Å². The van der Waals surface area contributed by atoms with E-state index in [9.17, 15) is 9.90 Å². The number of oxazole rings is 1. The zero-order chi connectivity index (χ0) is 17.1. The molecule has 6 heteroatoms. The number of aryl methyl sites for hydroxylation is 1. The first-order valence-electron chi connectivity index (χ1n) is 8.14. The minimum atomic E-state index is -0.104. The lowest BCUT2D eigenvalue weighted by molar-refractivity contribution is 0.0644. The van der Waals surface area contributed by atoms with Crippen LogP contribution in [-0.2, 0) is 0 Å². The van der Waals surface area contributed by atoms with Gasteiger partial charge in [-0.05, 0) is 49.9 Å². The molecule has 1 aromatic heterocycles. The van der Waals surface area contributed by atoms with Crippen LogP contribution in [0, 0.1) is 12.8 Å². The quantitative estimate of drug-likeness (QED) is 0.932. The Morgan fingerprint density at radius 3 is 2.58 bits per heavy atom. The number of aliphatic hydroxyl groups excluding tert-OH is 1. The fourth-order valence-electron chi connectivity index (χ4n) is 2.92. The number of methoxy groups -OCH3 is 1. The summed E-state index contributed by atoms with van der Waals surface area (Å²) in [5, 5.41) is 9.20. The summed E-state index contributed by atoms with van der Waals surface area (Å²) in [5.41, 5.74) is 1.17. The SMILES string of the molecule is COc1ccc(-c2nc(C(=O)N3CCC(CO)CC3)c(C)o2)cc1. The van der Waals surface area contributed by atoms with Crippen molar-refractivity contribution in [2.75, 3.05) is 26.8 Å². The van der Waals surface area contributed by atoms with Gasteiger partial charge in [0.05, 0.1) is 7.11 Å². The molecule has 1 aromatic carbocycles. The van der Waals surface area contributed by atoms with E-state index in [1.165, 1.54) is 0 Å². The summed E-state index contributed by atoms with van der Waals surface area (Å²) in [6, 6.07) is 7.36. The minimum absolute atomic E-state index is 0.104. The number of rotatable bonds is 4. The zero-order valence-corrected chi connectivity index (χ0v) is 14.0. The van der Waals surface area contributed by atoms with E-state index in [-0.39, 0.29) is 12.5 Å². The van der Waals surface area contributed by atoms with E-state index in [0.29, 0.717) is 36.4 Å². The molecule has 0 radical (unpaired) electrons. The number of likely N-dealkylation sites (tertiary alicyclic amines) is 1. The van der Waals surface area contributed by atoms with Gasteiger partial charge in [-0.15, -0.1) is 0 Å². The molecule has 0 unspecified atom stereocenters. The molecule has 1 aliphatic heterocycles. The van der Waals surface area contributed by atoms with Crippen LogP contribution in [0.3, 0.4) is 0 Å². The van der Waals surface area contributed by atoms with Crippen molar-refractivity contribution in [3.05, 3.63) is 35.7 Å². The predicted octanol–water partition coefficient (Wildman–Crippen LogP) is 2.50. The number of carbonyl (C=O) groups excluding carboxylic acids is 1. The molecule has 2 aromatic rings. The van der Waals surface area contributed by atoms with Crippen LogP contribution in [-0.4, -0.2) is 47.7 Å². The Morgan fingerprint density at radius 2 is 2.00 bits per heavy atom. The number of amides is 1. The van der Waals surface area contributed by atoms with Crippen LogP contribution in [0.25, 0.3) is 11.5 Å². The number of piperidine rings is 1. The van der Waals surface area contributed by atoms with Crippen molar-refractivity contribution >= 4 is 5.91 Å². The minimum Gasteiger partial charge on any atom is -0.497 e. The Kier molecular flexibility index (Phi) is 4.85. The van der Waals surface area contributed by atoms with Crippen LogP contribution in [0.2, 0.25) is 0 Å². The fourth-order valence-corrected chi connectivity index (χ4v) is 2.92. The second kappa shape index (κ2) is 7.05. The lowest BCUT2D eigenvalue weighted by Crippen LogP contribution is -2.39. The molecule has 0 spiro atoms. The maximum atomic E-state index is 12.7. The Balaban J connectivity index is 1.77. The maximum Gasteiger partial charge on any atom is 0.276 e. The second-order valence-corrected chi connectivity index (χ2v) is 6.07. The van der Waals surface area contributed by atoms with Gasteiger partial charge in [0.15, 0.2) is 5.69 Å². The lowest BCUT2D eigenvalue weighted by Gasteiger charge is -2.30. The largest absolute Gasteiger partial charge is 0.497 e. The smallest absolute Gasteiger partial charge is 0.276 e. The molecular formula is C18H22N2O4. The third-order valence-corrected chi connectivity index (χ3v) is 4.50. The van der Waals surface area contributed by atoms with Gasteiger partial charge in [0.1, 0.15) is 11.5 Å². The van der Waals surface area contributed by atoms with Gasteiger partial charge in [-0.3, -0.25) is 4.79 Å². The van der Waals surface area contributed by atoms with E-state index in [0.717, 1.165) is 24.2 Å². The molecule has 0 bridgehead atoms. The summed E-state index contributed by atoms with van der Waals surface area (Å²) < 4.78 is 10.8. The van der Waals surface area contributed by atoms with E-state index in [1.54, 1.807) is 18.9 Å². The number of nitrogens with zero attached hydrogens (tertiary/aromatic N) is 2. The summed E-state index contributed by atoms with van der Waals surface area (Å²) in [6.07, 6.45) is 1.65. The molecule has 1 N–H and O–H groups in total. The van der Waals surface area contributed by atoms with Crippen LogP contribution in [0.5, 0.6) is 5.75 Å². The molecule has 3 rings (SSSR count). The third-order valence-electron chi connectivity index (χ3n) is 4.50. The van der Waals surface area contributed by atoms with Crippen molar-refractivity contribution in [1.82, 2.24) is 9.88 Å². The first-order chi connectivity index (χ1) is 11.6. The summed E-state index contributed by atoms with van der Waals surface area (Å²) in [6.45, 7) is 3.24. The standard InChI is InChI=1S/C18H22N2O4/c1-12-16(18(22)20-9-7-13(11-21)8-10-20)19-17(24-12)14-3-5-15(23-2)6-4-14/h3-6,13,21H,7-11H2,1-2H3. The van der Waals surface area contributed by atoms with Gasteiger partial charge in [0.2, 0.25) is 5.89 Å². The van der Waals surface area contributed by atoms with Crippen LogP contribution in [0.1, 0.15) is 29.1 Å². The van der Waals surface area contributed by atoms with Crippen molar-refractivity contribution in [2.45, 2.75) is 19.8 Å². The predicted molar refractivity (Wildman–Crippen MR) is 88.9 cm³/mol. The summed E-state index contributed by atoms with van der Waals surface area (Å²) >= 11 is 0. The van der Waals surface area contributed by atoms with E-state index in [4.69, 9.17) is 9.15 Å². The Bertz CT molecular complexity index is 700. The van der Waals surface area contributed by atoms with E-state index in [1.807, 2.05) is 24.3 Å². The number of aromatic nitrogens is 1.